The summed E-state index contributed by atoms with van der Waals surface area (Å²) in [5.41, 5.74) is 4.52. The first-order chi connectivity index (χ1) is 14.4. The van der Waals surface area contributed by atoms with Crippen molar-refractivity contribution in [3.63, 3.8) is 0 Å². The second kappa shape index (κ2) is 8.46. The molecule has 0 saturated carbocycles. The zero-order chi connectivity index (χ0) is 21.3. The molecule has 30 heavy (non-hydrogen) atoms. The van der Waals surface area contributed by atoms with Gasteiger partial charge in [0.2, 0.25) is 0 Å². The first kappa shape index (κ1) is 20.4. The molecule has 0 aliphatic heterocycles. The molecular formula is C24H30N4O2. The second-order valence-corrected chi connectivity index (χ2v) is 8.86. The number of nitrogens with zero attached hydrogens (tertiary/aromatic N) is 3. The highest BCUT2D eigenvalue weighted by molar-refractivity contribution is 5.94. The number of nitrogens with one attached hydrogen (secondary N) is 1. The number of hydrogen-bond donors (Lipinski definition) is 1. The van der Waals surface area contributed by atoms with Crippen LogP contribution in [0.25, 0.3) is 5.52 Å². The number of aryl methyl sites for hydroxylation is 2. The largest absolute Gasteiger partial charge is 0.350 e. The van der Waals surface area contributed by atoms with E-state index in [1.165, 1.54) is 0 Å². The molecule has 2 aromatic heterocycles. The molecule has 0 saturated heterocycles. The average molecular weight is 407 g/mol. The van der Waals surface area contributed by atoms with E-state index in [0.717, 1.165) is 48.9 Å². The van der Waals surface area contributed by atoms with Gasteiger partial charge in [-0.25, -0.2) is 4.52 Å². The van der Waals surface area contributed by atoms with Gasteiger partial charge in [0.1, 0.15) is 5.52 Å². The van der Waals surface area contributed by atoms with Gasteiger partial charge >= 0.3 is 0 Å². The molecule has 1 amide bonds. The van der Waals surface area contributed by atoms with Crippen LogP contribution in [0.2, 0.25) is 0 Å². The van der Waals surface area contributed by atoms with Crippen molar-refractivity contribution in [3.05, 3.63) is 69.4 Å². The minimum absolute atomic E-state index is 0.00233. The van der Waals surface area contributed by atoms with E-state index in [1.807, 2.05) is 37.4 Å². The number of amides is 1. The fourth-order valence-corrected chi connectivity index (χ4v) is 4.41. The molecular weight excluding hydrogens is 376 g/mol. The van der Waals surface area contributed by atoms with Crippen molar-refractivity contribution < 1.29 is 4.79 Å². The molecule has 1 N–H and O–H groups in total. The monoisotopic (exact) mass is 406 g/mol. The summed E-state index contributed by atoms with van der Waals surface area (Å²) in [5.74, 6) is 0.485. The summed E-state index contributed by atoms with van der Waals surface area (Å²) in [4.78, 5) is 25.5. The third-order valence-electron chi connectivity index (χ3n) is 5.80. The SMILES string of the molecule is CC(C)C[C@H](C)NC(=O)c1ccc(Cn2ccn3nc4c(c3c2=O)CCCC4)cc1. The summed E-state index contributed by atoms with van der Waals surface area (Å²) in [5, 5.41) is 7.64. The Bertz CT molecular complexity index is 1110. The number of fused-ring (bicyclic) bond motifs is 3. The zero-order valence-electron chi connectivity index (χ0n) is 18.0. The molecule has 0 unspecified atom stereocenters. The molecule has 4 rings (SSSR count). The van der Waals surface area contributed by atoms with Crippen LogP contribution < -0.4 is 10.9 Å². The number of carbonyl (C=O) groups is 1. The second-order valence-electron chi connectivity index (χ2n) is 8.86. The van der Waals surface area contributed by atoms with Crippen LogP contribution in [0.15, 0.2) is 41.5 Å². The molecule has 3 aromatic rings. The first-order valence-corrected chi connectivity index (χ1v) is 10.9. The Balaban J connectivity index is 1.51. The van der Waals surface area contributed by atoms with Gasteiger partial charge in [-0.2, -0.15) is 5.10 Å². The van der Waals surface area contributed by atoms with Gasteiger partial charge in [0.25, 0.3) is 11.5 Å². The molecule has 0 fully saturated rings. The quantitative estimate of drug-likeness (QED) is 0.680. The summed E-state index contributed by atoms with van der Waals surface area (Å²) >= 11 is 0. The Morgan fingerprint density at radius 2 is 1.83 bits per heavy atom. The van der Waals surface area contributed by atoms with E-state index in [1.54, 1.807) is 15.3 Å². The van der Waals surface area contributed by atoms with Gasteiger partial charge in [-0.15, -0.1) is 0 Å². The summed E-state index contributed by atoms with van der Waals surface area (Å²) in [6.45, 7) is 6.80. The van der Waals surface area contributed by atoms with E-state index in [9.17, 15) is 9.59 Å². The molecule has 6 heteroatoms. The van der Waals surface area contributed by atoms with Crippen LogP contribution in [0.4, 0.5) is 0 Å². The first-order valence-electron chi connectivity index (χ1n) is 10.9. The van der Waals surface area contributed by atoms with Gasteiger partial charge < -0.3 is 9.88 Å². The maximum atomic E-state index is 13.1. The summed E-state index contributed by atoms with van der Waals surface area (Å²) < 4.78 is 3.46. The lowest BCUT2D eigenvalue weighted by molar-refractivity contribution is 0.0936. The molecule has 1 aromatic carbocycles. The predicted molar refractivity (Wildman–Crippen MR) is 118 cm³/mol. The third kappa shape index (κ3) is 4.18. The molecule has 1 aliphatic rings. The molecule has 158 valence electrons. The number of hydrogen-bond acceptors (Lipinski definition) is 3. The van der Waals surface area contributed by atoms with E-state index < -0.39 is 0 Å². The molecule has 0 spiro atoms. The highest BCUT2D eigenvalue weighted by Crippen LogP contribution is 2.22. The van der Waals surface area contributed by atoms with Crippen molar-refractivity contribution >= 4 is 11.4 Å². The van der Waals surface area contributed by atoms with E-state index in [4.69, 9.17) is 0 Å². The Labute approximate surface area is 176 Å². The molecule has 2 heterocycles. The van der Waals surface area contributed by atoms with Crippen LogP contribution in [0.5, 0.6) is 0 Å². The molecule has 1 atom stereocenters. The smallest absolute Gasteiger partial charge is 0.277 e. The lowest BCUT2D eigenvalue weighted by atomic mass is 9.97. The van der Waals surface area contributed by atoms with E-state index in [-0.39, 0.29) is 17.5 Å². The number of carbonyl (C=O) groups excluding carboxylic acids is 1. The van der Waals surface area contributed by atoms with Crippen LogP contribution >= 0.6 is 0 Å². The van der Waals surface area contributed by atoms with Crippen LogP contribution in [0.3, 0.4) is 0 Å². The van der Waals surface area contributed by atoms with Crippen molar-refractivity contribution in [2.45, 2.75) is 65.5 Å². The maximum absolute atomic E-state index is 13.1. The molecule has 6 nitrogen and oxygen atoms in total. The van der Waals surface area contributed by atoms with E-state index >= 15 is 0 Å². The molecule has 1 aliphatic carbocycles. The maximum Gasteiger partial charge on any atom is 0.277 e. The minimum atomic E-state index is -0.0563. The highest BCUT2D eigenvalue weighted by Gasteiger charge is 2.19. The number of rotatable bonds is 6. The Hall–Kier alpha value is -2.89. The lowest BCUT2D eigenvalue weighted by Gasteiger charge is -2.16. The lowest BCUT2D eigenvalue weighted by Crippen LogP contribution is -2.33. The van der Waals surface area contributed by atoms with Crippen LogP contribution in [0.1, 0.15) is 67.2 Å². The predicted octanol–water partition coefficient (Wildman–Crippen LogP) is 3.59. The Morgan fingerprint density at radius 3 is 2.57 bits per heavy atom. The van der Waals surface area contributed by atoms with Gasteiger partial charge in [-0.05, 0) is 62.6 Å². The minimum Gasteiger partial charge on any atom is -0.350 e. The summed E-state index contributed by atoms with van der Waals surface area (Å²) in [7, 11) is 0. The zero-order valence-corrected chi connectivity index (χ0v) is 18.0. The van der Waals surface area contributed by atoms with Gasteiger partial charge in [0.15, 0.2) is 0 Å². The van der Waals surface area contributed by atoms with Gasteiger partial charge in [0, 0.05) is 29.6 Å². The van der Waals surface area contributed by atoms with Gasteiger partial charge in [0.05, 0.1) is 12.2 Å². The highest BCUT2D eigenvalue weighted by atomic mass is 16.1. The van der Waals surface area contributed by atoms with Crippen molar-refractivity contribution in [1.29, 1.82) is 0 Å². The number of aromatic nitrogens is 3. The van der Waals surface area contributed by atoms with Crippen LogP contribution in [0, 0.1) is 5.92 Å². The fourth-order valence-electron chi connectivity index (χ4n) is 4.41. The fraction of sp³-hybridized carbons (Fsp3) is 0.458. The average Bonchev–Trinajstić information content (AvgIpc) is 3.09. The van der Waals surface area contributed by atoms with Gasteiger partial charge in [-0.1, -0.05) is 26.0 Å². The van der Waals surface area contributed by atoms with Crippen LogP contribution in [-0.4, -0.2) is 26.1 Å². The van der Waals surface area contributed by atoms with E-state index in [0.29, 0.717) is 23.5 Å². The molecule has 0 radical (unpaired) electrons. The van der Waals surface area contributed by atoms with E-state index in [2.05, 4.69) is 24.3 Å². The van der Waals surface area contributed by atoms with Crippen molar-refractivity contribution in [2.75, 3.05) is 0 Å². The third-order valence-corrected chi connectivity index (χ3v) is 5.80. The summed E-state index contributed by atoms with van der Waals surface area (Å²) in [6, 6.07) is 7.65. The van der Waals surface area contributed by atoms with Crippen LogP contribution in [-0.2, 0) is 19.4 Å². The standard InChI is InChI=1S/C24H30N4O2/c1-16(2)14-17(3)25-23(29)19-10-8-18(9-11-19)15-27-12-13-28-22(24(27)30)20-6-4-5-7-21(20)26-28/h8-13,16-17H,4-7,14-15H2,1-3H3,(H,25,29)/t17-/m0/s1. The summed E-state index contributed by atoms with van der Waals surface area (Å²) in [6.07, 6.45) is 8.75. The molecule has 0 bridgehead atoms. The Kier molecular flexibility index (Phi) is 5.75. The topological polar surface area (TPSA) is 68.4 Å². The number of benzene rings is 1. The normalized spacial score (nSPS) is 14.7. The Morgan fingerprint density at radius 1 is 1.10 bits per heavy atom. The van der Waals surface area contributed by atoms with Crippen molar-refractivity contribution in [1.82, 2.24) is 19.5 Å². The van der Waals surface area contributed by atoms with Gasteiger partial charge in [-0.3, -0.25) is 9.59 Å². The van der Waals surface area contributed by atoms with Crippen molar-refractivity contribution in [3.8, 4) is 0 Å². The van der Waals surface area contributed by atoms with Crippen molar-refractivity contribution in [2.24, 2.45) is 5.92 Å².